The number of carbonyl (C=O) groups is 1. The molecule has 6 heteroatoms. The first-order valence-electron chi connectivity index (χ1n) is 9.76. The average molecular weight is 418 g/mol. The summed E-state index contributed by atoms with van der Waals surface area (Å²) in [6, 6.07) is 10.5. The molecule has 0 unspecified atom stereocenters. The van der Waals surface area contributed by atoms with Crippen LogP contribution in [0, 0.1) is 6.92 Å². The summed E-state index contributed by atoms with van der Waals surface area (Å²) in [6.45, 7) is 1.90. The van der Waals surface area contributed by atoms with E-state index in [1.54, 1.807) is 0 Å². The number of methoxy groups -OCH3 is 1. The molecule has 0 saturated carbocycles. The number of nitrogens with one attached hydrogen (secondary N) is 1. The lowest BCUT2D eigenvalue weighted by atomic mass is 10.2. The Hall–Kier alpha value is -1.84. The van der Waals surface area contributed by atoms with Crippen molar-refractivity contribution in [3.8, 4) is 0 Å². The second-order valence-electron chi connectivity index (χ2n) is 7.46. The first-order chi connectivity index (χ1) is 13.5. The van der Waals surface area contributed by atoms with E-state index in [2.05, 4.69) is 29.6 Å². The highest BCUT2D eigenvalue weighted by atomic mass is 32.1. The van der Waals surface area contributed by atoms with Gasteiger partial charge in [0.15, 0.2) is 0 Å². The fraction of sp³-hybridized carbons (Fsp3) is 0.409. The summed E-state index contributed by atoms with van der Waals surface area (Å²) in [7, 11) is -0.179. The number of hydrogen-bond donors (Lipinski definition) is 1. The van der Waals surface area contributed by atoms with E-state index in [0.717, 1.165) is 24.0 Å². The van der Waals surface area contributed by atoms with E-state index < -0.39 is 13.2 Å². The number of ether oxygens (including phenoxy) is 1. The zero-order chi connectivity index (χ0) is 20.0. The number of aryl methyl sites for hydroxylation is 1. The predicted molar refractivity (Wildman–Crippen MR) is 117 cm³/mol. The SMILES string of the molecule is COC(=O)c1scc(C)c1N/C([O-])=C\[P+]1(Cc2ccccc2)CCCCCC1. The molecule has 0 radical (unpaired) electrons. The highest BCUT2D eigenvalue weighted by molar-refractivity contribution is 7.78. The van der Waals surface area contributed by atoms with Crippen molar-refractivity contribution in [2.24, 2.45) is 0 Å². The molecular weight excluding hydrogens is 389 g/mol. The number of esters is 1. The van der Waals surface area contributed by atoms with Gasteiger partial charge in [-0.1, -0.05) is 30.3 Å². The number of benzene rings is 1. The number of thiophene rings is 1. The summed E-state index contributed by atoms with van der Waals surface area (Å²) in [4.78, 5) is 12.5. The Morgan fingerprint density at radius 2 is 1.89 bits per heavy atom. The summed E-state index contributed by atoms with van der Waals surface area (Å²) in [5.74, 6) is 1.50. The Morgan fingerprint density at radius 1 is 1.21 bits per heavy atom. The summed E-state index contributed by atoms with van der Waals surface area (Å²) in [6.07, 6.45) is 8.12. The Bertz CT molecular complexity index is 824. The minimum Gasteiger partial charge on any atom is -0.858 e. The molecule has 1 fully saturated rings. The topological polar surface area (TPSA) is 61.4 Å². The van der Waals surface area contributed by atoms with Crippen LogP contribution in [0.5, 0.6) is 0 Å². The maximum Gasteiger partial charge on any atom is 0.350 e. The molecule has 1 N–H and O–H groups in total. The molecule has 28 heavy (non-hydrogen) atoms. The van der Waals surface area contributed by atoms with Crippen LogP contribution in [0.1, 0.15) is 46.5 Å². The van der Waals surface area contributed by atoms with E-state index >= 15 is 0 Å². The van der Waals surface area contributed by atoms with Crippen molar-refractivity contribution in [3.05, 3.63) is 63.4 Å². The van der Waals surface area contributed by atoms with E-state index in [0.29, 0.717) is 10.6 Å². The van der Waals surface area contributed by atoms with E-state index in [9.17, 15) is 9.90 Å². The third-order valence-electron chi connectivity index (χ3n) is 5.28. The van der Waals surface area contributed by atoms with Gasteiger partial charge in [0.2, 0.25) is 0 Å². The molecule has 2 heterocycles. The monoisotopic (exact) mass is 417 g/mol. The summed E-state index contributed by atoms with van der Waals surface area (Å²) in [5, 5.41) is 17.9. The van der Waals surface area contributed by atoms with Gasteiger partial charge in [-0.05, 0) is 55.0 Å². The van der Waals surface area contributed by atoms with Crippen molar-refractivity contribution in [3.63, 3.8) is 0 Å². The highest BCUT2D eigenvalue weighted by Crippen LogP contribution is 2.65. The van der Waals surface area contributed by atoms with Crippen LogP contribution in [0.2, 0.25) is 0 Å². The number of hydrogen-bond acceptors (Lipinski definition) is 5. The van der Waals surface area contributed by atoms with E-state index in [1.807, 2.05) is 24.2 Å². The zero-order valence-electron chi connectivity index (χ0n) is 16.6. The zero-order valence-corrected chi connectivity index (χ0v) is 18.3. The van der Waals surface area contributed by atoms with Crippen LogP contribution in [-0.4, -0.2) is 25.4 Å². The van der Waals surface area contributed by atoms with Crippen molar-refractivity contribution >= 4 is 30.3 Å². The minimum absolute atomic E-state index is 0.0854. The van der Waals surface area contributed by atoms with Crippen LogP contribution in [0.25, 0.3) is 0 Å². The third-order valence-corrected chi connectivity index (χ3v) is 10.6. The van der Waals surface area contributed by atoms with Gasteiger partial charge in [-0.2, -0.15) is 0 Å². The van der Waals surface area contributed by atoms with Crippen LogP contribution >= 0.6 is 18.6 Å². The van der Waals surface area contributed by atoms with Crippen LogP contribution in [0.3, 0.4) is 0 Å². The Kier molecular flexibility index (Phi) is 7.14. The van der Waals surface area contributed by atoms with Gasteiger partial charge in [-0.25, -0.2) is 4.79 Å². The molecule has 0 aliphatic carbocycles. The van der Waals surface area contributed by atoms with Crippen LogP contribution in [0.4, 0.5) is 5.69 Å². The van der Waals surface area contributed by atoms with Crippen molar-refractivity contribution in [1.29, 1.82) is 0 Å². The molecule has 1 aromatic carbocycles. The largest absolute Gasteiger partial charge is 0.858 e. The molecule has 0 atom stereocenters. The molecule has 0 amide bonds. The molecule has 0 bridgehead atoms. The number of carbonyl (C=O) groups excluding carboxylic acids is 1. The van der Waals surface area contributed by atoms with Gasteiger partial charge in [0, 0.05) is 7.26 Å². The van der Waals surface area contributed by atoms with Gasteiger partial charge in [-0.3, -0.25) is 0 Å². The van der Waals surface area contributed by atoms with Gasteiger partial charge in [-0.15, -0.1) is 11.3 Å². The van der Waals surface area contributed by atoms with E-state index in [4.69, 9.17) is 4.74 Å². The van der Waals surface area contributed by atoms with Gasteiger partial charge >= 0.3 is 5.97 Å². The van der Waals surface area contributed by atoms with Crippen LogP contribution in [-0.2, 0) is 10.9 Å². The maximum absolute atomic E-state index is 13.0. The van der Waals surface area contributed by atoms with Gasteiger partial charge in [0.05, 0.1) is 37.1 Å². The molecule has 4 nitrogen and oxygen atoms in total. The molecular formula is C22H28NO3PS. The molecule has 1 aromatic heterocycles. The summed E-state index contributed by atoms with van der Waals surface area (Å²) in [5.41, 5.74) is 2.79. The number of rotatable bonds is 6. The van der Waals surface area contributed by atoms with Gasteiger partial charge < -0.3 is 15.2 Å². The Balaban J connectivity index is 1.88. The lowest BCUT2D eigenvalue weighted by molar-refractivity contribution is -0.299. The molecule has 3 rings (SSSR count). The highest BCUT2D eigenvalue weighted by Gasteiger charge is 2.36. The van der Waals surface area contributed by atoms with Gasteiger partial charge in [0.25, 0.3) is 0 Å². The average Bonchev–Trinajstić information content (AvgIpc) is 2.90. The Labute approximate surface area is 172 Å². The van der Waals surface area contributed by atoms with Crippen molar-refractivity contribution in [2.75, 3.05) is 24.8 Å². The summed E-state index contributed by atoms with van der Waals surface area (Å²) >= 11 is 1.31. The third kappa shape index (κ3) is 5.15. The first kappa shape index (κ1) is 20.9. The van der Waals surface area contributed by atoms with Crippen molar-refractivity contribution < 1.29 is 14.6 Å². The second kappa shape index (κ2) is 9.58. The van der Waals surface area contributed by atoms with Gasteiger partial charge in [0.1, 0.15) is 4.88 Å². The standard InChI is InChI=1S/C22H28NO3PS/c1-17-16-28-21(22(25)26-2)20(17)23-19(24)15-27(12-8-3-4-9-13-27)14-18-10-6-5-7-11-18/h5-7,10-11,15-16H,3-4,8-9,12-14H2,1-2H3,(H-,23,24,25)/b19-15+. The lowest BCUT2D eigenvalue weighted by Gasteiger charge is -2.26. The predicted octanol–water partition coefficient (Wildman–Crippen LogP) is 5.21. The second-order valence-corrected chi connectivity index (χ2v) is 12.2. The fourth-order valence-corrected chi connectivity index (χ4v) is 8.86. The summed E-state index contributed by atoms with van der Waals surface area (Å²) < 4.78 is 4.85. The molecule has 150 valence electrons. The van der Waals surface area contributed by atoms with E-state index in [1.165, 1.54) is 49.7 Å². The molecule has 1 saturated heterocycles. The quantitative estimate of drug-likeness (QED) is 0.398. The van der Waals surface area contributed by atoms with Crippen molar-refractivity contribution in [2.45, 2.75) is 38.8 Å². The molecule has 2 aromatic rings. The fourth-order valence-electron chi connectivity index (χ4n) is 3.85. The lowest BCUT2D eigenvalue weighted by Crippen LogP contribution is -2.17. The normalized spacial score (nSPS) is 17.0. The van der Waals surface area contributed by atoms with Crippen LogP contribution in [0.15, 0.2) is 47.4 Å². The first-order valence-corrected chi connectivity index (χ1v) is 13.1. The van der Waals surface area contributed by atoms with Crippen LogP contribution < -0.4 is 10.4 Å². The minimum atomic E-state index is -1.54. The maximum atomic E-state index is 13.0. The smallest absolute Gasteiger partial charge is 0.350 e. The number of anilines is 1. The molecule has 1 aliphatic heterocycles. The molecule has 1 aliphatic rings. The molecule has 0 spiro atoms. The van der Waals surface area contributed by atoms with E-state index in [-0.39, 0.29) is 5.88 Å². The Morgan fingerprint density at radius 3 is 2.54 bits per heavy atom. The van der Waals surface area contributed by atoms with Crippen molar-refractivity contribution in [1.82, 2.24) is 0 Å².